The highest BCUT2D eigenvalue weighted by Gasteiger charge is 2.23. The predicted molar refractivity (Wildman–Crippen MR) is 94.3 cm³/mol. The van der Waals surface area contributed by atoms with Gasteiger partial charge in [-0.25, -0.2) is 4.39 Å². The van der Waals surface area contributed by atoms with Crippen molar-refractivity contribution >= 4 is 17.6 Å². The first-order chi connectivity index (χ1) is 12.6. The second-order valence-corrected chi connectivity index (χ2v) is 5.99. The van der Waals surface area contributed by atoms with E-state index < -0.39 is 0 Å². The van der Waals surface area contributed by atoms with E-state index in [1.807, 2.05) is 4.90 Å². The highest BCUT2D eigenvalue weighted by molar-refractivity contribution is 5.91. The number of anilines is 1. The average Bonchev–Trinajstić information content (AvgIpc) is 2.69. The molecule has 0 saturated carbocycles. The zero-order valence-electron chi connectivity index (χ0n) is 14.5. The number of halogens is 1. The van der Waals surface area contributed by atoms with Crippen molar-refractivity contribution in [1.82, 2.24) is 20.4 Å². The van der Waals surface area contributed by atoms with Crippen molar-refractivity contribution in [2.75, 3.05) is 38.1 Å². The Morgan fingerprint density at radius 2 is 1.81 bits per heavy atom. The molecular formula is C18H20FN5O2. The Hall–Kier alpha value is -3.03. The highest BCUT2D eigenvalue weighted by Crippen LogP contribution is 2.15. The maximum atomic E-state index is 13.7. The average molecular weight is 357 g/mol. The normalized spacial score (nSPS) is 14.2. The number of carbonyl (C=O) groups excluding carboxylic acids is 2. The summed E-state index contributed by atoms with van der Waals surface area (Å²) in [5, 5.41) is 10.5. The van der Waals surface area contributed by atoms with E-state index in [-0.39, 0.29) is 29.7 Å². The fourth-order valence-corrected chi connectivity index (χ4v) is 2.84. The molecule has 7 nitrogen and oxygen atoms in total. The number of hydrogen-bond acceptors (Lipinski definition) is 5. The fraction of sp³-hybridized carbons (Fsp3) is 0.333. The number of piperazine rings is 1. The lowest BCUT2D eigenvalue weighted by molar-refractivity contribution is -0.130. The standard InChI is InChI=1S/C18H20FN5O2/c1-20-18(26)15-6-7-16(22-21-15)23-8-10-24(11-9-23)17(25)12-13-4-2-3-5-14(13)19/h2-7H,8-12H2,1H3,(H,20,26). The molecule has 0 spiro atoms. The van der Waals surface area contributed by atoms with E-state index in [4.69, 9.17) is 0 Å². The van der Waals surface area contributed by atoms with Gasteiger partial charge in [0.2, 0.25) is 5.91 Å². The van der Waals surface area contributed by atoms with Crippen molar-refractivity contribution in [1.29, 1.82) is 0 Å². The second kappa shape index (κ2) is 7.90. The Bertz CT molecular complexity index is 788. The molecule has 136 valence electrons. The molecule has 3 rings (SSSR count). The van der Waals surface area contributed by atoms with Crippen LogP contribution in [0.3, 0.4) is 0 Å². The van der Waals surface area contributed by atoms with Gasteiger partial charge in [-0.2, -0.15) is 0 Å². The molecule has 0 atom stereocenters. The third kappa shape index (κ3) is 3.96. The number of benzene rings is 1. The topological polar surface area (TPSA) is 78.4 Å². The summed E-state index contributed by atoms with van der Waals surface area (Å²) < 4.78 is 13.7. The third-order valence-electron chi connectivity index (χ3n) is 4.37. The number of nitrogens with zero attached hydrogens (tertiary/aromatic N) is 4. The van der Waals surface area contributed by atoms with Crippen LogP contribution in [0.5, 0.6) is 0 Å². The zero-order valence-corrected chi connectivity index (χ0v) is 14.5. The van der Waals surface area contributed by atoms with Gasteiger partial charge in [-0.15, -0.1) is 10.2 Å². The van der Waals surface area contributed by atoms with E-state index in [1.165, 1.54) is 13.1 Å². The van der Waals surface area contributed by atoms with Crippen LogP contribution in [-0.4, -0.2) is 60.1 Å². The molecule has 2 amide bonds. The van der Waals surface area contributed by atoms with Gasteiger partial charge < -0.3 is 15.1 Å². The maximum Gasteiger partial charge on any atom is 0.271 e. The summed E-state index contributed by atoms with van der Waals surface area (Å²) in [6, 6.07) is 9.70. The second-order valence-electron chi connectivity index (χ2n) is 5.99. The Morgan fingerprint density at radius 1 is 1.08 bits per heavy atom. The number of hydrogen-bond donors (Lipinski definition) is 1. The lowest BCUT2D eigenvalue weighted by atomic mass is 10.1. The van der Waals surface area contributed by atoms with E-state index in [9.17, 15) is 14.0 Å². The minimum Gasteiger partial charge on any atom is -0.354 e. The predicted octanol–water partition coefficient (Wildman–Crippen LogP) is 0.867. The Balaban J connectivity index is 1.56. The summed E-state index contributed by atoms with van der Waals surface area (Å²) >= 11 is 0. The van der Waals surface area contributed by atoms with Gasteiger partial charge >= 0.3 is 0 Å². The van der Waals surface area contributed by atoms with Crippen LogP contribution in [0.15, 0.2) is 36.4 Å². The summed E-state index contributed by atoms with van der Waals surface area (Å²) in [6.45, 7) is 2.28. The highest BCUT2D eigenvalue weighted by atomic mass is 19.1. The van der Waals surface area contributed by atoms with Gasteiger partial charge in [0.25, 0.3) is 5.91 Å². The molecule has 1 aliphatic heterocycles. The van der Waals surface area contributed by atoms with Gasteiger partial charge in [0.05, 0.1) is 6.42 Å². The third-order valence-corrected chi connectivity index (χ3v) is 4.37. The molecular weight excluding hydrogens is 337 g/mol. The first-order valence-electron chi connectivity index (χ1n) is 8.40. The van der Waals surface area contributed by atoms with Crippen molar-refractivity contribution in [2.45, 2.75) is 6.42 Å². The Kier molecular flexibility index (Phi) is 5.40. The molecule has 2 heterocycles. The first-order valence-corrected chi connectivity index (χ1v) is 8.40. The summed E-state index contributed by atoms with van der Waals surface area (Å²) in [5.41, 5.74) is 0.672. The minimum absolute atomic E-state index is 0.0628. The van der Waals surface area contributed by atoms with Gasteiger partial charge in [0.15, 0.2) is 11.5 Å². The molecule has 1 aromatic heterocycles. The molecule has 0 bridgehead atoms. The van der Waals surface area contributed by atoms with Gasteiger partial charge in [0, 0.05) is 33.2 Å². The van der Waals surface area contributed by atoms with Crippen molar-refractivity contribution < 1.29 is 14.0 Å². The Labute approximate surface area is 150 Å². The van der Waals surface area contributed by atoms with Crippen molar-refractivity contribution in [3.05, 3.63) is 53.5 Å². The van der Waals surface area contributed by atoms with Crippen LogP contribution < -0.4 is 10.2 Å². The lowest BCUT2D eigenvalue weighted by Crippen LogP contribution is -2.49. The van der Waals surface area contributed by atoms with Crippen LogP contribution in [0, 0.1) is 5.82 Å². The van der Waals surface area contributed by atoms with Gasteiger partial charge in [-0.3, -0.25) is 9.59 Å². The van der Waals surface area contributed by atoms with E-state index in [0.29, 0.717) is 37.6 Å². The van der Waals surface area contributed by atoms with Crippen molar-refractivity contribution in [3.8, 4) is 0 Å². The van der Waals surface area contributed by atoms with E-state index in [0.717, 1.165) is 0 Å². The van der Waals surface area contributed by atoms with E-state index >= 15 is 0 Å². The van der Waals surface area contributed by atoms with Gasteiger partial charge in [-0.1, -0.05) is 18.2 Å². The SMILES string of the molecule is CNC(=O)c1ccc(N2CCN(C(=O)Cc3ccccc3F)CC2)nn1. The molecule has 1 saturated heterocycles. The summed E-state index contributed by atoms with van der Waals surface area (Å²) in [4.78, 5) is 27.6. The largest absolute Gasteiger partial charge is 0.354 e. The van der Waals surface area contributed by atoms with Crippen molar-refractivity contribution in [3.63, 3.8) is 0 Å². The molecule has 0 unspecified atom stereocenters. The molecule has 26 heavy (non-hydrogen) atoms. The monoisotopic (exact) mass is 357 g/mol. The number of amides is 2. The molecule has 1 aromatic carbocycles. The lowest BCUT2D eigenvalue weighted by Gasteiger charge is -2.35. The number of aromatic nitrogens is 2. The molecule has 1 aliphatic rings. The minimum atomic E-state index is -0.356. The van der Waals surface area contributed by atoms with Crippen LogP contribution >= 0.6 is 0 Å². The van der Waals surface area contributed by atoms with E-state index in [2.05, 4.69) is 15.5 Å². The van der Waals surface area contributed by atoms with Crippen LogP contribution in [0.25, 0.3) is 0 Å². The van der Waals surface area contributed by atoms with Crippen LogP contribution in [-0.2, 0) is 11.2 Å². The quantitative estimate of drug-likeness (QED) is 0.878. The van der Waals surface area contributed by atoms with Gasteiger partial charge in [0.1, 0.15) is 5.82 Å². The fourth-order valence-electron chi connectivity index (χ4n) is 2.84. The first kappa shape index (κ1) is 17.8. The van der Waals surface area contributed by atoms with Crippen LogP contribution in [0.1, 0.15) is 16.1 Å². The molecule has 1 N–H and O–H groups in total. The van der Waals surface area contributed by atoms with Crippen LogP contribution in [0.4, 0.5) is 10.2 Å². The molecule has 0 radical (unpaired) electrons. The smallest absolute Gasteiger partial charge is 0.271 e. The molecule has 8 heteroatoms. The summed E-state index contributed by atoms with van der Waals surface area (Å²) in [6.07, 6.45) is 0.0628. The number of nitrogens with one attached hydrogen (secondary N) is 1. The molecule has 0 aliphatic carbocycles. The van der Waals surface area contributed by atoms with E-state index in [1.54, 1.807) is 35.2 Å². The summed E-state index contributed by atoms with van der Waals surface area (Å²) in [5.74, 6) is -0.0618. The molecule has 1 fully saturated rings. The summed E-state index contributed by atoms with van der Waals surface area (Å²) in [7, 11) is 1.54. The maximum absolute atomic E-state index is 13.7. The van der Waals surface area contributed by atoms with Gasteiger partial charge in [-0.05, 0) is 23.8 Å². The number of rotatable bonds is 4. The zero-order chi connectivity index (χ0) is 18.5. The number of carbonyl (C=O) groups is 2. The Morgan fingerprint density at radius 3 is 2.42 bits per heavy atom. The van der Waals surface area contributed by atoms with Crippen molar-refractivity contribution in [2.24, 2.45) is 0 Å². The molecule has 2 aromatic rings. The van der Waals surface area contributed by atoms with Crippen LogP contribution in [0.2, 0.25) is 0 Å².